The molecular weight excluding hydrogens is 314 g/mol. The molecule has 0 aliphatic rings. The first-order chi connectivity index (χ1) is 10.6. The summed E-state index contributed by atoms with van der Waals surface area (Å²) in [7, 11) is 3.18. The topological polar surface area (TPSA) is 59.9 Å². The number of rotatable bonds is 3. The molecule has 2 rings (SSSR count). The van der Waals surface area contributed by atoms with Crippen molar-refractivity contribution >= 4 is 16.7 Å². The Morgan fingerprint density at radius 2 is 2.00 bits per heavy atom. The van der Waals surface area contributed by atoms with Crippen molar-refractivity contribution in [1.82, 2.24) is 9.88 Å². The number of nitrogens with zero attached hydrogens (tertiary/aromatic N) is 2. The molecule has 0 radical (unpaired) electrons. The van der Waals surface area contributed by atoms with Crippen LogP contribution in [-0.2, 0) is 6.18 Å². The van der Waals surface area contributed by atoms with E-state index in [1.54, 1.807) is 20.2 Å². The van der Waals surface area contributed by atoms with Crippen molar-refractivity contribution in [2.24, 2.45) is 0 Å². The highest BCUT2D eigenvalue weighted by atomic mass is 19.4. The Bertz CT molecular complexity index is 841. The second-order valence-corrected chi connectivity index (χ2v) is 5.01. The molecule has 4 nitrogen and oxygen atoms in total. The third-order valence-electron chi connectivity index (χ3n) is 3.03. The van der Waals surface area contributed by atoms with Gasteiger partial charge in [0.15, 0.2) is 0 Å². The zero-order valence-electron chi connectivity index (χ0n) is 12.1. The van der Waals surface area contributed by atoms with Crippen LogP contribution in [0.25, 0.3) is 10.9 Å². The van der Waals surface area contributed by atoms with E-state index in [9.17, 15) is 22.4 Å². The monoisotopic (exact) mass is 325 g/mol. The predicted octanol–water partition coefficient (Wildman–Crippen LogP) is 3.48. The smallest absolute Gasteiger partial charge is 0.382 e. The van der Waals surface area contributed by atoms with Crippen molar-refractivity contribution in [1.29, 1.82) is 5.26 Å². The molecule has 0 aliphatic heterocycles. The number of carbonyl (C=O) groups is 1. The number of benzene rings is 1. The fraction of sp³-hybridized carbons (Fsp3) is 0.200. The summed E-state index contributed by atoms with van der Waals surface area (Å²) in [6.07, 6.45) is -3.65. The lowest BCUT2D eigenvalue weighted by molar-refractivity contribution is -0.138. The Morgan fingerprint density at radius 3 is 2.52 bits per heavy atom. The minimum absolute atomic E-state index is 0.0378. The lowest BCUT2D eigenvalue weighted by atomic mass is 10.1. The fourth-order valence-corrected chi connectivity index (χ4v) is 2.13. The molecule has 0 saturated heterocycles. The first-order valence-corrected chi connectivity index (χ1v) is 6.36. The van der Waals surface area contributed by atoms with Crippen molar-refractivity contribution in [2.45, 2.75) is 6.18 Å². The molecule has 0 saturated carbocycles. The third kappa shape index (κ3) is 3.18. The van der Waals surface area contributed by atoms with Gasteiger partial charge < -0.3 is 9.88 Å². The molecule has 0 bridgehead atoms. The molecule has 120 valence electrons. The molecule has 1 aromatic carbocycles. The SMILES string of the molecule is CN(C)C=C(C#N)C(=O)c1cc2c(C(F)(F)F)c(F)ccc2[nH]1. The molecule has 1 aromatic heterocycles. The maximum Gasteiger partial charge on any atom is 0.419 e. The zero-order valence-corrected chi connectivity index (χ0v) is 12.1. The predicted molar refractivity (Wildman–Crippen MR) is 75.0 cm³/mol. The zero-order chi connectivity index (χ0) is 17.4. The second kappa shape index (κ2) is 5.76. The van der Waals surface area contributed by atoms with Gasteiger partial charge >= 0.3 is 6.18 Å². The number of alkyl halides is 3. The number of Topliss-reactive ketones (excluding diaryl/α,β-unsaturated/α-hetero) is 1. The molecule has 2 aromatic rings. The number of hydrogen-bond acceptors (Lipinski definition) is 3. The number of ketones is 1. The van der Waals surface area contributed by atoms with Gasteiger partial charge in [-0.2, -0.15) is 18.4 Å². The van der Waals surface area contributed by atoms with Crippen LogP contribution in [0.3, 0.4) is 0 Å². The van der Waals surface area contributed by atoms with E-state index < -0.39 is 28.7 Å². The minimum Gasteiger partial charge on any atom is -0.382 e. The summed E-state index contributed by atoms with van der Waals surface area (Å²) in [5.41, 5.74) is -1.95. The van der Waals surface area contributed by atoms with Crippen LogP contribution in [0.1, 0.15) is 16.1 Å². The van der Waals surface area contributed by atoms with Crippen LogP contribution in [0.4, 0.5) is 17.6 Å². The quantitative estimate of drug-likeness (QED) is 0.407. The maximum absolute atomic E-state index is 13.5. The largest absolute Gasteiger partial charge is 0.419 e. The number of hydrogen-bond donors (Lipinski definition) is 1. The van der Waals surface area contributed by atoms with Gasteiger partial charge in [0.1, 0.15) is 23.0 Å². The van der Waals surface area contributed by atoms with Gasteiger partial charge in [0.2, 0.25) is 5.78 Å². The molecule has 0 amide bonds. The average Bonchev–Trinajstić information content (AvgIpc) is 2.85. The van der Waals surface area contributed by atoms with Crippen LogP contribution < -0.4 is 0 Å². The summed E-state index contributed by atoms with van der Waals surface area (Å²) in [6.45, 7) is 0. The first kappa shape index (κ1) is 16.5. The molecule has 0 atom stereocenters. The number of nitriles is 1. The Kier molecular flexibility index (Phi) is 4.14. The van der Waals surface area contributed by atoms with Crippen LogP contribution in [-0.4, -0.2) is 29.8 Å². The van der Waals surface area contributed by atoms with E-state index in [4.69, 9.17) is 5.26 Å². The molecular formula is C15H11F4N3O. The number of halogens is 4. The van der Waals surface area contributed by atoms with Gasteiger partial charge in [-0.05, 0) is 18.2 Å². The van der Waals surface area contributed by atoms with Gasteiger partial charge in [-0.3, -0.25) is 4.79 Å². The van der Waals surface area contributed by atoms with E-state index in [1.807, 2.05) is 0 Å². The van der Waals surface area contributed by atoms with E-state index in [-0.39, 0.29) is 16.8 Å². The average molecular weight is 325 g/mol. The van der Waals surface area contributed by atoms with Crippen LogP contribution in [0, 0.1) is 17.1 Å². The first-order valence-electron chi connectivity index (χ1n) is 6.36. The number of H-pyrrole nitrogens is 1. The number of nitrogens with one attached hydrogen (secondary N) is 1. The Balaban J connectivity index is 2.62. The van der Waals surface area contributed by atoms with E-state index in [0.717, 1.165) is 12.1 Å². The van der Waals surface area contributed by atoms with E-state index >= 15 is 0 Å². The molecule has 1 N–H and O–H groups in total. The molecule has 0 unspecified atom stereocenters. The van der Waals surface area contributed by atoms with Gasteiger partial charge in [-0.15, -0.1) is 0 Å². The van der Waals surface area contributed by atoms with E-state index in [2.05, 4.69) is 4.98 Å². The van der Waals surface area contributed by atoms with Gasteiger partial charge in [0, 0.05) is 31.2 Å². The molecule has 0 fully saturated rings. The second-order valence-electron chi connectivity index (χ2n) is 5.01. The van der Waals surface area contributed by atoms with Crippen molar-refractivity contribution in [3.63, 3.8) is 0 Å². The third-order valence-corrected chi connectivity index (χ3v) is 3.03. The highest BCUT2D eigenvalue weighted by Gasteiger charge is 2.36. The normalized spacial score (nSPS) is 12.3. The molecule has 0 spiro atoms. The number of aromatic nitrogens is 1. The molecule has 8 heteroatoms. The summed E-state index contributed by atoms with van der Waals surface area (Å²) in [6, 6.07) is 4.38. The number of fused-ring (bicyclic) bond motifs is 1. The Morgan fingerprint density at radius 1 is 1.35 bits per heavy atom. The van der Waals surface area contributed by atoms with E-state index in [1.165, 1.54) is 11.1 Å². The fourth-order valence-electron chi connectivity index (χ4n) is 2.13. The highest BCUT2D eigenvalue weighted by Crippen LogP contribution is 2.37. The summed E-state index contributed by atoms with van der Waals surface area (Å²) < 4.78 is 52.5. The standard InChI is InChI=1S/C15H11F4N3O/c1-22(2)7-8(6-20)14(23)12-5-9-11(21-12)4-3-10(16)13(9)15(17,18)19/h3-5,7,21H,1-2H3. The molecule has 0 aliphatic carbocycles. The van der Waals surface area contributed by atoms with Crippen molar-refractivity contribution in [3.8, 4) is 6.07 Å². The van der Waals surface area contributed by atoms with E-state index in [0.29, 0.717) is 6.07 Å². The summed E-state index contributed by atoms with van der Waals surface area (Å²) in [5.74, 6) is -2.20. The summed E-state index contributed by atoms with van der Waals surface area (Å²) >= 11 is 0. The molecule has 1 heterocycles. The van der Waals surface area contributed by atoms with Crippen LogP contribution >= 0.6 is 0 Å². The van der Waals surface area contributed by atoms with Gasteiger partial charge in [-0.1, -0.05) is 0 Å². The van der Waals surface area contributed by atoms with Crippen LogP contribution in [0.15, 0.2) is 30.0 Å². The van der Waals surface area contributed by atoms with Gasteiger partial charge in [-0.25, -0.2) is 4.39 Å². The Labute approximate surface area is 128 Å². The van der Waals surface area contributed by atoms with Crippen LogP contribution in [0.5, 0.6) is 0 Å². The number of aromatic amines is 1. The number of carbonyl (C=O) groups excluding carboxylic acids is 1. The van der Waals surface area contributed by atoms with Crippen molar-refractivity contribution in [2.75, 3.05) is 14.1 Å². The Hall–Kier alpha value is -2.82. The van der Waals surface area contributed by atoms with Crippen molar-refractivity contribution < 1.29 is 22.4 Å². The molecule has 23 heavy (non-hydrogen) atoms. The maximum atomic E-state index is 13.5. The van der Waals surface area contributed by atoms with Gasteiger partial charge in [0.05, 0.1) is 5.69 Å². The number of allylic oxidation sites excluding steroid dienone is 1. The van der Waals surface area contributed by atoms with Crippen molar-refractivity contribution in [3.05, 3.63) is 47.0 Å². The minimum atomic E-state index is -4.90. The summed E-state index contributed by atoms with van der Waals surface area (Å²) in [5, 5.41) is 8.53. The van der Waals surface area contributed by atoms with Crippen LogP contribution in [0.2, 0.25) is 0 Å². The van der Waals surface area contributed by atoms with Gasteiger partial charge in [0.25, 0.3) is 0 Å². The lowest BCUT2D eigenvalue weighted by Gasteiger charge is -2.08. The lowest BCUT2D eigenvalue weighted by Crippen LogP contribution is -2.09. The summed E-state index contributed by atoms with van der Waals surface area (Å²) in [4.78, 5) is 16.2. The highest BCUT2D eigenvalue weighted by molar-refractivity contribution is 6.12.